The van der Waals surface area contributed by atoms with Gasteiger partial charge in [0, 0.05) is 22.8 Å². The van der Waals surface area contributed by atoms with E-state index >= 15 is 0 Å². The third kappa shape index (κ3) is 4.84. The molecule has 6 nitrogen and oxygen atoms in total. The highest BCUT2D eigenvalue weighted by molar-refractivity contribution is 6.30. The summed E-state index contributed by atoms with van der Waals surface area (Å²) in [5.74, 6) is -0.148. The van der Waals surface area contributed by atoms with Crippen molar-refractivity contribution in [2.45, 2.75) is 33.8 Å². The van der Waals surface area contributed by atoms with Crippen LogP contribution < -0.4 is 15.6 Å². The zero-order valence-corrected chi connectivity index (χ0v) is 17.4. The van der Waals surface area contributed by atoms with Gasteiger partial charge in [-0.3, -0.25) is 9.59 Å². The minimum Gasteiger partial charge on any atom is -0.463 e. The molecule has 1 amide bonds. The fraction of sp³-hybridized carbons (Fsp3) is 0.227. The van der Waals surface area contributed by atoms with Crippen LogP contribution in [0.1, 0.15) is 23.6 Å². The molecule has 1 aromatic heterocycles. The van der Waals surface area contributed by atoms with Gasteiger partial charge in [-0.2, -0.15) is 4.68 Å². The number of rotatable bonds is 5. The number of hydrogen-bond acceptors (Lipinski definition) is 4. The molecule has 0 radical (unpaired) electrons. The number of amides is 1. The molecule has 0 unspecified atom stereocenters. The van der Waals surface area contributed by atoms with Gasteiger partial charge in [-0.05, 0) is 62.6 Å². The number of carbonyl (C=O) groups excluding carboxylic acids is 1. The fourth-order valence-corrected chi connectivity index (χ4v) is 2.95. The van der Waals surface area contributed by atoms with E-state index in [1.54, 1.807) is 25.1 Å². The van der Waals surface area contributed by atoms with Crippen molar-refractivity contribution in [2.24, 2.45) is 0 Å². The van der Waals surface area contributed by atoms with Crippen molar-refractivity contribution < 1.29 is 9.53 Å². The van der Waals surface area contributed by atoms with Crippen molar-refractivity contribution in [1.29, 1.82) is 0 Å². The lowest BCUT2D eigenvalue weighted by atomic mass is 10.1. The topological polar surface area (TPSA) is 73.2 Å². The van der Waals surface area contributed by atoms with E-state index < -0.39 is 6.10 Å². The lowest BCUT2D eigenvalue weighted by molar-refractivity contribution is -0.122. The van der Waals surface area contributed by atoms with Crippen LogP contribution in [0.15, 0.2) is 53.3 Å². The number of ether oxygens (including phenoxy) is 1. The number of benzene rings is 2. The number of carbonyl (C=O) groups is 1. The summed E-state index contributed by atoms with van der Waals surface area (Å²) in [6.45, 7) is 7.36. The van der Waals surface area contributed by atoms with Gasteiger partial charge in [0.1, 0.15) is 0 Å². The molecule has 0 saturated heterocycles. The number of hydrogen-bond donors (Lipinski definition) is 1. The summed E-state index contributed by atoms with van der Waals surface area (Å²) >= 11 is 6.06. The lowest BCUT2D eigenvalue weighted by Crippen LogP contribution is -2.31. The minimum atomic E-state index is -0.811. The number of anilines is 1. The molecule has 0 saturated carbocycles. The molecule has 0 bridgehead atoms. The van der Waals surface area contributed by atoms with Crippen LogP contribution in [0.25, 0.3) is 5.69 Å². The monoisotopic (exact) mass is 411 g/mol. The summed E-state index contributed by atoms with van der Waals surface area (Å²) in [5.41, 5.74) is 3.81. The van der Waals surface area contributed by atoms with E-state index in [2.05, 4.69) is 10.4 Å². The Kier molecular flexibility index (Phi) is 6.03. The first-order valence-electron chi connectivity index (χ1n) is 9.16. The molecule has 29 heavy (non-hydrogen) atoms. The Labute approximate surface area is 174 Å². The predicted octanol–water partition coefficient (Wildman–Crippen LogP) is 4.22. The number of halogens is 1. The smallest absolute Gasteiger partial charge is 0.271 e. The van der Waals surface area contributed by atoms with Gasteiger partial charge in [0.25, 0.3) is 11.5 Å². The molecule has 1 N–H and O–H groups in total. The van der Waals surface area contributed by atoms with E-state index in [-0.39, 0.29) is 17.3 Å². The quantitative estimate of drug-likeness (QED) is 0.682. The Morgan fingerprint density at radius 1 is 1.07 bits per heavy atom. The molecule has 0 aliphatic heterocycles. The van der Waals surface area contributed by atoms with E-state index in [9.17, 15) is 9.59 Å². The normalized spacial score (nSPS) is 11.8. The Morgan fingerprint density at radius 2 is 1.79 bits per heavy atom. The molecule has 0 fully saturated rings. The van der Waals surface area contributed by atoms with Crippen LogP contribution in [0.3, 0.4) is 0 Å². The highest BCUT2D eigenvalue weighted by Crippen LogP contribution is 2.19. The van der Waals surface area contributed by atoms with Crippen LogP contribution in [-0.4, -0.2) is 21.8 Å². The maximum absolute atomic E-state index is 12.6. The highest BCUT2D eigenvalue weighted by Gasteiger charge is 2.17. The van der Waals surface area contributed by atoms with Crippen molar-refractivity contribution in [2.75, 3.05) is 5.32 Å². The second-order valence-corrected chi connectivity index (χ2v) is 7.36. The maximum atomic E-state index is 12.6. The Hall–Kier alpha value is -3.12. The predicted molar refractivity (Wildman–Crippen MR) is 114 cm³/mol. The maximum Gasteiger partial charge on any atom is 0.271 e. The zero-order valence-electron chi connectivity index (χ0n) is 16.7. The van der Waals surface area contributed by atoms with E-state index in [1.807, 2.05) is 39.0 Å². The van der Waals surface area contributed by atoms with Crippen LogP contribution in [0.4, 0.5) is 5.69 Å². The average molecular weight is 412 g/mol. The van der Waals surface area contributed by atoms with Gasteiger partial charge < -0.3 is 10.1 Å². The van der Waals surface area contributed by atoms with Crippen LogP contribution in [-0.2, 0) is 4.79 Å². The van der Waals surface area contributed by atoms with Gasteiger partial charge in [0.2, 0.25) is 5.88 Å². The van der Waals surface area contributed by atoms with Gasteiger partial charge in [0.15, 0.2) is 6.10 Å². The number of nitrogens with zero attached hydrogens (tertiary/aromatic N) is 2. The highest BCUT2D eigenvalue weighted by atomic mass is 35.5. The number of aryl methyl sites for hydroxylation is 3. The van der Waals surface area contributed by atoms with Crippen LogP contribution in [0.5, 0.6) is 5.88 Å². The number of nitrogens with one attached hydrogen (secondary N) is 1. The van der Waals surface area contributed by atoms with E-state index in [4.69, 9.17) is 16.3 Å². The first-order chi connectivity index (χ1) is 13.7. The van der Waals surface area contributed by atoms with Gasteiger partial charge in [0.05, 0.1) is 5.69 Å². The van der Waals surface area contributed by atoms with E-state index in [1.165, 1.54) is 16.8 Å². The molecular weight excluding hydrogens is 390 g/mol. The van der Waals surface area contributed by atoms with Gasteiger partial charge in [-0.25, -0.2) is 0 Å². The molecule has 0 aliphatic rings. The van der Waals surface area contributed by atoms with Crippen LogP contribution in [0, 0.1) is 20.8 Å². The van der Waals surface area contributed by atoms with E-state index in [0.29, 0.717) is 10.7 Å². The second kappa shape index (κ2) is 8.49. The molecule has 0 spiro atoms. The molecule has 7 heteroatoms. The molecule has 3 aromatic rings. The molecule has 1 heterocycles. The summed E-state index contributed by atoms with van der Waals surface area (Å²) < 4.78 is 6.90. The first-order valence-corrected chi connectivity index (χ1v) is 9.54. The SMILES string of the molecule is Cc1ccc(C)c(NC(=O)[C@H](C)Oc2ccc(=O)n(-c3cc(Cl)ccc3C)n2)c1. The zero-order chi connectivity index (χ0) is 21.1. The fourth-order valence-electron chi connectivity index (χ4n) is 2.78. The van der Waals surface area contributed by atoms with Gasteiger partial charge in [-0.1, -0.05) is 29.8 Å². The largest absolute Gasteiger partial charge is 0.463 e. The van der Waals surface area contributed by atoms with Crippen LogP contribution in [0.2, 0.25) is 5.02 Å². The molecule has 150 valence electrons. The van der Waals surface area contributed by atoms with Crippen molar-refractivity contribution in [1.82, 2.24) is 9.78 Å². The first kappa shape index (κ1) is 20.6. The Bertz CT molecular complexity index is 1120. The summed E-state index contributed by atoms with van der Waals surface area (Å²) in [5, 5.41) is 7.61. The lowest BCUT2D eigenvalue weighted by Gasteiger charge is -2.16. The Morgan fingerprint density at radius 3 is 2.55 bits per heavy atom. The Balaban J connectivity index is 1.81. The molecule has 3 rings (SSSR count). The summed E-state index contributed by atoms with van der Waals surface area (Å²) in [7, 11) is 0. The van der Waals surface area contributed by atoms with Crippen molar-refractivity contribution >= 4 is 23.2 Å². The summed E-state index contributed by atoms with van der Waals surface area (Å²) in [4.78, 5) is 24.8. The average Bonchev–Trinajstić information content (AvgIpc) is 2.68. The van der Waals surface area contributed by atoms with Gasteiger partial charge in [-0.15, -0.1) is 5.10 Å². The van der Waals surface area contributed by atoms with E-state index in [0.717, 1.165) is 22.4 Å². The number of aromatic nitrogens is 2. The summed E-state index contributed by atoms with van der Waals surface area (Å²) in [6, 6.07) is 13.8. The van der Waals surface area contributed by atoms with Crippen molar-refractivity contribution in [3.8, 4) is 11.6 Å². The van der Waals surface area contributed by atoms with Crippen molar-refractivity contribution in [3.63, 3.8) is 0 Å². The van der Waals surface area contributed by atoms with Crippen molar-refractivity contribution in [3.05, 3.63) is 80.6 Å². The molecule has 1 atom stereocenters. The standard InChI is InChI=1S/C22H22ClN3O3/c1-13-5-6-14(2)18(11-13)24-22(28)16(4)29-20-9-10-21(27)26(25-20)19-12-17(23)8-7-15(19)3/h5-12,16H,1-4H3,(H,24,28)/t16-/m0/s1. The molecule has 0 aliphatic carbocycles. The third-order valence-corrected chi connectivity index (χ3v) is 4.73. The third-order valence-electron chi connectivity index (χ3n) is 4.49. The minimum absolute atomic E-state index is 0.160. The molecule has 2 aromatic carbocycles. The van der Waals surface area contributed by atoms with Crippen LogP contribution >= 0.6 is 11.6 Å². The van der Waals surface area contributed by atoms with Gasteiger partial charge >= 0.3 is 0 Å². The second-order valence-electron chi connectivity index (χ2n) is 6.92. The molecular formula is C22H22ClN3O3. The summed E-state index contributed by atoms with van der Waals surface area (Å²) in [6.07, 6.45) is -0.811.